The maximum atomic E-state index is 12.8. The largest absolute Gasteiger partial charge is 0.497 e. The molecule has 1 aliphatic heterocycles. The number of methoxy groups -OCH3 is 1. The van der Waals surface area contributed by atoms with Crippen molar-refractivity contribution in [3.8, 4) is 23.0 Å². The molecule has 4 aromatic carbocycles. The molecular formula is C27H20N2O6. The minimum atomic E-state index is -0.526. The Morgan fingerprint density at radius 2 is 1.69 bits per heavy atom. The van der Waals surface area contributed by atoms with Crippen LogP contribution in [0.5, 0.6) is 23.0 Å². The molecule has 0 fully saturated rings. The fraction of sp³-hybridized carbons (Fsp3) is 0.0741. The number of carbonyl (C=O) groups is 2. The Hall–Kier alpha value is -4.85. The van der Waals surface area contributed by atoms with Gasteiger partial charge in [0.2, 0.25) is 6.79 Å². The molecule has 0 unspecified atom stereocenters. The van der Waals surface area contributed by atoms with E-state index in [0.29, 0.717) is 39.7 Å². The molecule has 1 aliphatic rings. The molecule has 5 rings (SSSR count). The van der Waals surface area contributed by atoms with Crippen LogP contribution in [0, 0.1) is 0 Å². The summed E-state index contributed by atoms with van der Waals surface area (Å²) in [6.45, 7) is 0.123. The number of rotatable bonds is 6. The fourth-order valence-corrected chi connectivity index (χ4v) is 3.64. The van der Waals surface area contributed by atoms with E-state index in [1.165, 1.54) is 6.21 Å². The van der Waals surface area contributed by atoms with Gasteiger partial charge < -0.3 is 18.9 Å². The third kappa shape index (κ3) is 4.63. The zero-order valence-electron chi connectivity index (χ0n) is 18.7. The standard InChI is InChI=1S/C27H20N2O6/c1-32-20-10-6-18(7-11-20)27(31)35-23-12-8-17-4-2-3-5-21(17)22(23)15-28-29-26(30)19-9-13-24-25(14-19)34-16-33-24/h2-15H,16H2,1H3,(H,29,30)/b28-15+. The number of nitrogens with zero attached hydrogens (tertiary/aromatic N) is 1. The van der Waals surface area contributed by atoms with Gasteiger partial charge in [-0.25, -0.2) is 10.2 Å². The normalized spacial score (nSPS) is 12.0. The van der Waals surface area contributed by atoms with Crippen molar-refractivity contribution in [2.45, 2.75) is 0 Å². The molecular weight excluding hydrogens is 448 g/mol. The van der Waals surface area contributed by atoms with Crippen molar-refractivity contribution in [1.29, 1.82) is 0 Å². The van der Waals surface area contributed by atoms with Crippen LogP contribution in [0.25, 0.3) is 10.8 Å². The number of hydrazone groups is 1. The van der Waals surface area contributed by atoms with Crippen LogP contribution in [0.4, 0.5) is 0 Å². The molecule has 0 saturated heterocycles. The van der Waals surface area contributed by atoms with Crippen molar-refractivity contribution < 1.29 is 28.5 Å². The summed E-state index contributed by atoms with van der Waals surface area (Å²) in [6, 6.07) is 22.7. The van der Waals surface area contributed by atoms with Gasteiger partial charge in [0.25, 0.3) is 5.91 Å². The van der Waals surface area contributed by atoms with Crippen LogP contribution in [0.15, 0.2) is 84.0 Å². The molecule has 35 heavy (non-hydrogen) atoms. The van der Waals surface area contributed by atoms with Crippen LogP contribution in [0.1, 0.15) is 26.3 Å². The minimum absolute atomic E-state index is 0.123. The third-order valence-corrected chi connectivity index (χ3v) is 5.45. The van der Waals surface area contributed by atoms with Crippen molar-refractivity contribution in [2.24, 2.45) is 5.10 Å². The molecule has 174 valence electrons. The summed E-state index contributed by atoms with van der Waals surface area (Å²) in [5.41, 5.74) is 3.80. The number of hydrogen-bond donors (Lipinski definition) is 1. The lowest BCUT2D eigenvalue weighted by Crippen LogP contribution is -2.17. The summed E-state index contributed by atoms with van der Waals surface area (Å²) < 4.78 is 21.4. The number of hydrogen-bond acceptors (Lipinski definition) is 7. The second-order valence-corrected chi connectivity index (χ2v) is 7.58. The third-order valence-electron chi connectivity index (χ3n) is 5.45. The Bertz CT molecular complexity index is 1450. The van der Waals surface area contributed by atoms with Gasteiger partial charge >= 0.3 is 5.97 Å². The lowest BCUT2D eigenvalue weighted by atomic mass is 10.0. The van der Waals surface area contributed by atoms with Gasteiger partial charge in [-0.2, -0.15) is 5.10 Å². The van der Waals surface area contributed by atoms with E-state index in [1.54, 1.807) is 55.6 Å². The van der Waals surface area contributed by atoms with Crippen molar-refractivity contribution in [3.63, 3.8) is 0 Å². The minimum Gasteiger partial charge on any atom is -0.497 e. The van der Waals surface area contributed by atoms with Crippen LogP contribution in [0.2, 0.25) is 0 Å². The number of nitrogens with one attached hydrogen (secondary N) is 1. The topological polar surface area (TPSA) is 95.5 Å². The van der Waals surface area contributed by atoms with Crippen LogP contribution in [-0.4, -0.2) is 32.0 Å². The first-order valence-corrected chi connectivity index (χ1v) is 10.7. The van der Waals surface area contributed by atoms with Crippen molar-refractivity contribution in [2.75, 3.05) is 13.9 Å². The van der Waals surface area contributed by atoms with E-state index in [-0.39, 0.29) is 6.79 Å². The smallest absolute Gasteiger partial charge is 0.343 e. The van der Waals surface area contributed by atoms with Gasteiger partial charge in [0.05, 0.1) is 18.9 Å². The highest BCUT2D eigenvalue weighted by atomic mass is 16.7. The molecule has 1 amide bonds. The Labute approximate surface area is 200 Å². The molecule has 1 heterocycles. The number of amides is 1. The van der Waals surface area contributed by atoms with E-state index in [2.05, 4.69) is 10.5 Å². The first kappa shape index (κ1) is 22.0. The van der Waals surface area contributed by atoms with Gasteiger partial charge in [0, 0.05) is 11.1 Å². The van der Waals surface area contributed by atoms with E-state index in [4.69, 9.17) is 18.9 Å². The maximum absolute atomic E-state index is 12.8. The zero-order valence-corrected chi connectivity index (χ0v) is 18.7. The van der Waals surface area contributed by atoms with E-state index in [1.807, 2.05) is 30.3 Å². The second-order valence-electron chi connectivity index (χ2n) is 7.58. The lowest BCUT2D eigenvalue weighted by molar-refractivity contribution is 0.0734. The van der Waals surface area contributed by atoms with Gasteiger partial charge in [-0.15, -0.1) is 0 Å². The van der Waals surface area contributed by atoms with E-state index >= 15 is 0 Å². The highest BCUT2D eigenvalue weighted by Crippen LogP contribution is 2.32. The highest BCUT2D eigenvalue weighted by Gasteiger charge is 2.17. The molecule has 4 aromatic rings. The first-order chi connectivity index (χ1) is 17.1. The predicted molar refractivity (Wildman–Crippen MR) is 130 cm³/mol. The van der Waals surface area contributed by atoms with E-state index in [9.17, 15) is 9.59 Å². The summed E-state index contributed by atoms with van der Waals surface area (Å²) >= 11 is 0. The van der Waals surface area contributed by atoms with Crippen LogP contribution < -0.4 is 24.4 Å². The number of carbonyl (C=O) groups excluding carboxylic acids is 2. The van der Waals surface area contributed by atoms with Crippen molar-refractivity contribution in [1.82, 2.24) is 5.43 Å². The SMILES string of the molecule is COc1ccc(C(=O)Oc2ccc3ccccc3c2/C=N/NC(=O)c2ccc3c(c2)OCO3)cc1. The van der Waals surface area contributed by atoms with Gasteiger partial charge in [-0.3, -0.25) is 4.79 Å². The average molecular weight is 468 g/mol. The van der Waals surface area contributed by atoms with Gasteiger partial charge in [0.1, 0.15) is 11.5 Å². The van der Waals surface area contributed by atoms with E-state index < -0.39 is 11.9 Å². The molecule has 0 atom stereocenters. The molecule has 0 saturated carbocycles. The predicted octanol–water partition coefficient (Wildman–Crippen LogP) is 4.56. The quantitative estimate of drug-likeness (QED) is 0.193. The Morgan fingerprint density at radius 1 is 0.914 bits per heavy atom. The first-order valence-electron chi connectivity index (χ1n) is 10.7. The molecule has 0 spiro atoms. The number of ether oxygens (including phenoxy) is 4. The zero-order chi connectivity index (χ0) is 24.2. The fourth-order valence-electron chi connectivity index (χ4n) is 3.64. The number of benzene rings is 4. The summed E-state index contributed by atoms with van der Waals surface area (Å²) in [5, 5.41) is 5.86. The number of esters is 1. The van der Waals surface area contributed by atoms with Crippen molar-refractivity contribution >= 4 is 28.9 Å². The molecule has 0 aliphatic carbocycles. The lowest BCUT2D eigenvalue weighted by Gasteiger charge is -2.11. The summed E-state index contributed by atoms with van der Waals surface area (Å²) in [5.74, 6) is 1.09. The van der Waals surface area contributed by atoms with Crippen LogP contribution >= 0.6 is 0 Å². The molecule has 8 heteroatoms. The average Bonchev–Trinajstić information content (AvgIpc) is 3.37. The van der Waals surface area contributed by atoms with Crippen LogP contribution in [0.3, 0.4) is 0 Å². The van der Waals surface area contributed by atoms with E-state index in [0.717, 1.165) is 10.8 Å². The second kappa shape index (κ2) is 9.56. The number of fused-ring (bicyclic) bond motifs is 2. The Kier molecular flexibility index (Phi) is 6.00. The highest BCUT2D eigenvalue weighted by molar-refractivity contribution is 6.04. The summed E-state index contributed by atoms with van der Waals surface area (Å²) in [4.78, 5) is 25.3. The molecule has 0 radical (unpaired) electrons. The van der Waals surface area contributed by atoms with Gasteiger partial charge in [-0.05, 0) is 59.3 Å². The van der Waals surface area contributed by atoms with Gasteiger partial charge in [0.15, 0.2) is 11.5 Å². The molecule has 1 N–H and O–H groups in total. The maximum Gasteiger partial charge on any atom is 0.343 e. The Morgan fingerprint density at radius 3 is 2.51 bits per heavy atom. The monoisotopic (exact) mass is 468 g/mol. The summed E-state index contributed by atoms with van der Waals surface area (Å²) in [6.07, 6.45) is 1.46. The van der Waals surface area contributed by atoms with Crippen molar-refractivity contribution in [3.05, 3.63) is 95.6 Å². The molecule has 8 nitrogen and oxygen atoms in total. The van der Waals surface area contributed by atoms with Crippen LogP contribution in [-0.2, 0) is 0 Å². The molecule has 0 bridgehead atoms. The van der Waals surface area contributed by atoms with Gasteiger partial charge in [-0.1, -0.05) is 30.3 Å². The molecule has 0 aromatic heterocycles. The Balaban J connectivity index is 1.39. The summed E-state index contributed by atoms with van der Waals surface area (Å²) in [7, 11) is 1.55.